The summed E-state index contributed by atoms with van der Waals surface area (Å²) in [5.41, 5.74) is 1.07. The number of nitrogens with one attached hydrogen (secondary N) is 1. The standard InChI is InChI=1S/C14H17Cl2N3S/c1-8(2)6-13-18-19-14(20-13)17-9(3)10-4-5-11(15)12(16)7-10/h4-5,7-9H,6H2,1-3H3,(H,17,19). The molecular weight excluding hydrogens is 313 g/mol. The summed E-state index contributed by atoms with van der Waals surface area (Å²) in [7, 11) is 0. The number of anilines is 1. The highest BCUT2D eigenvalue weighted by Gasteiger charge is 2.11. The van der Waals surface area contributed by atoms with Crippen LogP contribution in [0.1, 0.15) is 37.4 Å². The summed E-state index contributed by atoms with van der Waals surface area (Å²) < 4.78 is 0. The van der Waals surface area contributed by atoms with Gasteiger partial charge < -0.3 is 5.32 Å². The van der Waals surface area contributed by atoms with Crippen LogP contribution in [0, 0.1) is 5.92 Å². The van der Waals surface area contributed by atoms with E-state index >= 15 is 0 Å². The van der Waals surface area contributed by atoms with Crippen molar-refractivity contribution in [2.75, 3.05) is 5.32 Å². The molecule has 1 unspecified atom stereocenters. The van der Waals surface area contributed by atoms with Crippen molar-refractivity contribution in [3.05, 3.63) is 38.8 Å². The van der Waals surface area contributed by atoms with E-state index in [1.165, 1.54) is 0 Å². The minimum atomic E-state index is 0.101. The van der Waals surface area contributed by atoms with Gasteiger partial charge in [0.25, 0.3) is 0 Å². The minimum absolute atomic E-state index is 0.101. The van der Waals surface area contributed by atoms with E-state index in [9.17, 15) is 0 Å². The van der Waals surface area contributed by atoms with E-state index in [1.54, 1.807) is 11.3 Å². The highest BCUT2D eigenvalue weighted by molar-refractivity contribution is 7.15. The van der Waals surface area contributed by atoms with Crippen molar-refractivity contribution in [2.45, 2.75) is 33.2 Å². The fourth-order valence-electron chi connectivity index (χ4n) is 1.79. The summed E-state index contributed by atoms with van der Waals surface area (Å²) in [5.74, 6) is 0.586. The van der Waals surface area contributed by atoms with E-state index < -0.39 is 0 Å². The normalized spacial score (nSPS) is 12.7. The number of halogens is 2. The number of hydrogen-bond acceptors (Lipinski definition) is 4. The average molecular weight is 330 g/mol. The van der Waals surface area contributed by atoms with Gasteiger partial charge in [-0.3, -0.25) is 0 Å². The maximum Gasteiger partial charge on any atom is 0.206 e. The second-order valence-electron chi connectivity index (χ2n) is 5.14. The van der Waals surface area contributed by atoms with Crippen LogP contribution < -0.4 is 5.32 Å². The first-order valence-corrected chi connectivity index (χ1v) is 8.07. The molecule has 0 aliphatic heterocycles. The Morgan fingerprint density at radius 2 is 1.90 bits per heavy atom. The van der Waals surface area contributed by atoms with E-state index in [0.29, 0.717) is 16.0 Å². The van der Waals surface area contributed by atoms with E-state index in [1.807, 2.05) is 18.2 Å². The Morgan fingerprint density at radius 3 is 2.55 bits per heavy atom. The van der Waals surface area contributed by atoms with Crippen LogP contribution in [0.4, 0.5) is 5.13 Å². The van der Waals surface area contributed by atoms with E-state index in [2.05, 4.69) is 36.3 Å². The largest absolute Gasteiger partial charge is 0.354 e. The number of rotatable bonds is 5. The summed E-state index contributed by atoms with van der Waals surface area (Å²) in [6, 6.07) is 5.74. The Labute approximate surface area is 133 Å². The Hall–Kier alpha value is -0.840. The van der Waals surface area contributed by atoms with Gasteiger partial charge in [0.1, 0.15) is 5.01 Å². The maximum absolute atomic E-state index is 6.04. The summed E-state index contributed by atoms with van der Waals surface area (Å²) >= 11 is 13.6. The van der Waals surface area contributed by atoms with Gasteiger partial charge in [-0.1, -0.05) is 54.5 Å². The highest BCUT2D eigenvalue weighted by atomic mass is 35.5. The SMILES string of the molecule is CC(C)Cc1nnc(NC(C)c2ccc(Cl)c(Cl)c2)s1. The highest BCUT2D eigenvalue weighted by Crippen LogP contribution is 2.28. The first-order valence-electron chi connectivity index (χ1n) is 6.49. The molecule has 20 heavy (non-hydrogen) atoms. The van der Waals surface area contributed by atoms with Crippen molar-refractivity contribution in [3.8, 4) is 0 Å². The van der Waals surface area contributed by atoms with Crippen LogP contribution in [0.5, 0.6) is 0 Å². The van der Waals surface area contributed by atoms with Crippen LogP contribution in [0.15, 0.2) is 18.2 Å². The van der Waals surface area contributed by atoms with E-state index in [-0.39, 0.29) is 6.04 Å². The Morgan fingerprint density at radius 1 is 1.15 bits per heavy atom. The van der Waals surface area contributed by atoms with Crippen molar-refractivity contribution < 1.29 is 0 Å². The lowest BCUT2D eigenvalue weighted by Crippen LogP contribution is -2.06. The number of benzene rings is 1. The van der Waals surface area contributed by atoms with Crippen molar-refractivity contribution in [3.63, 3.8) is 0 Å². The molecule has 2 rings (SSSR count). The molecule has 3 nitrogen and oxygen atoms in total. The molecule has 0 aliphatic carbocycles. The second kappa shape index (κ2) is 6.74. The van der Waals surface area contributed by atoms with Gasteiger partial charge in [-0.15, -0.1) is 10.2 Å². The lowest BCUT2D eigenvalue weighted by Gasteiger charge is -2.13. The number of nitrogens with zero attached hydrogens (tertiary/aromatic N) is 2. The third-order valence-corrected chi connectivity index (χ3v) is 4.45. The third-order valence-electron chi connectivity index (χ3n) is 2.83. The van der Waals surface area contributed by atoms with Gasteiger partial charge >= 0.3 is 0 Å². The molecule has 6 heteroatoms. The monoisotopic (exact) mass is 329 g/mol. The lowest BCUT2D eigenvalue weighted by atomic mass is 10.1. The second-order valence-corrected chi connectivity index (χ2v) is 7.01. The third kappa shape index (κ3) is 4.08. The zero-order valence-corrected chi connectivity index (χ0v) is 14.0. The molecule has 0 fully saturated rings. The molecule has 1 heterocycles. The maximum atomic E-state index is 6.04. The Kier molecular flexibility index (Phi) is 5.24. The molecule has 0 saturated heterocycles. The topological polar surface area (TPSA) is 37.8 Å². The van der Waals surface area contributed by atoms with Gasteiger partial charge in [-0.05, 0) is 30.5 Å². The van der Waals surface area contributed by atoms with Crippen LogP contribution >= 0.6 is 34.5 Å². The Bertz CT molecular complexity index is 584. The van der Waals surface area contributed by atoms with Crippen LogP contribution in [0.3, 0.4) is 0 Å². The molecule has 1 atom stereocenters. The van der Waals surface area contributed by atoms with E-state index in [0.717, 1.165) is 22.1 Å². The summed E-state index contributed by atoms with van der Waals surface area (Å²) in [4.78, 5) is 0. The van der Waals surface area contributed by atoms with Crippen molar-refractivity contribution in [1.82, 2.24) is 10.2 Å². The first kappa shape index (κ1) is 15.5. The molecule has 0 aliphatic rings. The van der Waals surface area contributed by atoms with Gasteiger partial charge in [0.05, 0.1) is 16.1 Å². The molecule has 108 valence electrons. The van der Waals surface area contributed by atoms with Crippen LogP contribution in [-0.2, 0) is 6.42 Å². The summed E-state index contributed by atoms with van der Waals surface area (Å²) in [5, 5.41) is 14.7. The zero-order valence-electron chi connectivity index (χ0n) is 11.7. The van der Waals surface area contributed by atoms with Crippen LogP contribution in [0.2, 0.25) is 10.0 Å². The average Bonchev–Trinajstić information content (AvgIpc) is 2.79. The predicted octanol–water partition coefficient (Wildman–Crippen LogP) is 5.22. The minimum Gasteiger partial charge on any atom is -0.354 e. The molecule has 0 bridgehead atoms. The summed E-state index contributed by atoms with van der Waals surface area (Å²) in [6.45, 7) is 6.41. The molecule has 0 radical (unpaired) electrons. The quantitative estimate of drug-likeness (QED) is 0.817. The smallest absolute Gasteiger partial charge is 0.206 e. The van der Waals surface area contributed by atoms with Gasteiger partial charge in [0.15, 0.2) is 0 Å². The van der Waals surface area contributed by atoms with Gasteiger partial charge in [0, 0.05) is 6.42 Å². The molecular formula is C14H17Cl2N3S. The van der Waals surface area contributed by atoms with Crippen molar-refractivity contribution in [2.24, 2.45) is 5.92 Å². The van der Waals surface area contributed by atoms with Crippen LogP contribution in [-0.4, -0.2) is 10.2 Å². The molecule has 0 saturated carbocycles. The zero-order chi connectivity index (χ0) is 14.7. The van der Waals surface area contributed by atoms with Crippen molar-refractivity contribution >= 4 is 39.7 Å². The van der Waals surface area contributed by atoms with Gasteiger partial charge in [0.2, 0.25) is 5.13 Å². The van der Waals surface area contributed by atoms with Crippen molar-refractivity contribution in [1.29, 1.82) is 0 Å². The molecule has 0 spiro atoms. The number of aromatic nitrogens is 2. The van der Waals surface area contributed by atoms with Crippen LogP contribution in [0.25, 0.3) is 0 Å². The summed E-state index contributed by atoms with van der Waals surface area (Å²) in [6.07, 6.45) is 0.959. The molecule has 1 N–H and O–H groups in total. The fourth-order valence-corrected chi connectivity index (χ4v) is 3.14. The first-order chi connectivity index (χ1) is 9.45. The van der Waals surface area contributed by atoms with Gasteiger partial charge in [-0.2, -0.15) is 0 Å². The van der Waals surface area contributed by atoms with Gasteiger partial charge in [-0.25, -0.2) is 0 Å². The molecule has 1 aromatic heterocycles. The molecule has 1 aromatic carbocycles. The predicted molar refractivity (Wildman–Crippen MR) is 87.0 cm³/mol. The fraction of sp³-hybridized carbons (Fsp3) is 0.429. The van der Waals surface area contributed by atoms with E-state index in [4.69, 9.17) is 23.2 Å². The molecule has 0 amide bonds. The lowest BCUT2D eigenvalue weighted by molar-refractivity contribution is 0.640. The molecule has 2 aromatic rings. The number of hydrogen-bond donors (Lipinski definition) is 1. The Balaban J connectivity index is 2.05.